The summed E-state index contributed by atoms with van der Waals surface area (Å²) in [6.45, 7) is 5.71. The lowest BCUT2D eigenvalue weighted by atomic mass is 10.1. The van der Waals surface area contributed by atoms with Gasteiger partial charge in [-0.1, -0.05) is 29.8 Å². The van der Waals surface area contributed by atoms with Crippen molar-refractivity contribution in [1.29, 1.82) is 0 Å². The summed E-state index contributed by atoms with van der Waals surface area (Å²) >= 11 is 6.25. The molecule has 1 saturated heterocycles. The third-order valence-electron chi connectivity index (χ3n) is 5.11. The van der Waals surface area contributed by atoms with E-state index in [4.69, 9.17) is 16.3 Å². The molecule has 1 atom stereocenters. The van der Waals surface area contributed by atoms with Gasteiger partial charge in [-0.25, -0.2) is 0 Å². The summed E-state index contributed by atoms with van der Waals surface area (Å²) in [4.78, 5) is 16.8. The van der Waals surface area contributed by atoms with Crippen molar-refractivity contribution >= 4 is 23.2 Å². The number of benzene rings is 2. The summed E-state index contributed by atoms with van der Waals surface area (Å²) in [5, 5.41) is 2.81. The number of halogens is 1. The molecule has 0 radical (unpaired) electrons. The van der Waals surface area contributed by atoms with Gasteiger partial charge in [0.25, 0.3) is 5.91 Å². The average molecular weight is 389 g/mol. The number of rotatable bonds is 6. The predicted octanol–water partition coefficient (Wildman–Crippen LogP) is 2.32. The Bertz CT molecular complexity index is 758. The Balaban J connectivity index is 1.47. The molecular formula is C21H27ClN3O2+. The van der Waals surface area contributed by atoms with Gasteiger partial charge in [0.05, 0.1) is 7.11 Å². The lowest BCUT2D eigenvalue weighted by Gasteiger charge is -2.36. The molecule has 1 aliphatic rings. The molecule has 1 heterocycles. The van der Waals surface area contributed by atoms with E-state index in [1.807, 2.05) is 41.3 Å². The zero-order chi connectivity index (χ0) is 19.2. The van der Waals surface area contributed by atoms with E-state index in [0.717, 1.165) is 42.5 Å². The van der Waals surface area contributed by atoms with Gasteiger partial charge in [-0.05, 0) is 37.3 Å². The van der Waals surface area contributed by atoms with Crippen molar-refractivity contribution < 1.29 is 14.8 Å². The number of amides is 1. The van der Waals surface area contributed by atoms with Crippen LogP contribution < -0.4 is 15.0 Å². The van der Waals surface area contributed by atoms with Crippen LogP contribution in [0.15, 0.2) is 48.5 Å². The number of nitrogens with two attached hydrogens (primary N) is 1. The van der Waals surface area contributed by atoms with Crippen molar-refractivity contribution in [1.82, 2.24) is 4.90 Å². The van der Waals surface area contributed by atoms with Crippen LogP contribution >= 0.6 is 11.6 Å². The van der Waals surface area contributed by atoms with Crippen molar-refractivity contribution in [2.24, 2.45) is 0 Å². The van der Waals surface area contributed by atoms with Crippen LogP contribution in [0, 0.1) is 0 Å². The molecule has 0 aliphatic carbocycles. The van der Waals surface area contributed by atoms with Crippen molar-refractivity contribution in [2.45, 2.75) is 13.0 Å². The first kappa shape index (κ1) is 19.5. The summed E-state index contributed by atoms with van der Waals surface area (Å²) in [5.74, 6) is 1.04. The molecule has 0 aromatic heterocycles. The van der Waals surface area contributed by atoms with E-state index in [1.165, 1.54) is 5.69 Å². The highest BCUT2D eigenvalue weighted by Crippen LogP contribution is 2.21. The molecule has 3 rings (SSSR count). The Labute approximate surface area is 165 Å². The maximum absolute atomic E-state index is 12.6. The van der Waals surface area contributed by atoms with E-state index in [1.54, 1.807) is 7.11 Å². The molecule has 5 nitrogen and oxygen atoms in total. The maximum atomic E-state index is 12.6. The number of nitrogens with zero attached hydrogens (tertiary/aromatic N) is 2. The lowest BCUT2D eigenvalue weighted by molar-refractivity contribution is -0.683. The highest BCUT2D eigenvalue weighted by molar-refractivity contribution is 6.31. The Kier molecular flexibility index (Phi) is 6.58. The molecule has 6 heteroatoms. The summed E-state index contributed by atoms with van der Waals surface area (Å²) in [6.07, 6.45) is 0. The number of methoxy groups -OCH3 is 1. The standard InChI is InChI=1S/C21H26ClN3O2/c1-16(19-5-3-4-6-20(19)22)23-15-21(26)25-13-11-24(12-14-25)17-7-9-18(27-2)10-8-17/h3-10,16,23H,11-15H2,1-2H3/p+1/t16-/m0/s1. The minimum absolute atomic E-state index is 0.156. The van der Waals surface area contributed by atoms with E-state index in [9.17, 15) is 4.79 Å². The number of carbonyl (C=O) groups is 1. The first-order chi connectivity index (χ1) is 13.1. The second kappa shape index (κ2) is 9.11. The summed E-state index contributed by atoms with van der Waals surface area (Å²) in [7, 11) is 1.67. The second-order valence-electron chi connectivity index (χ2n) is 6.82. The number of ether oxygens (including phenoxy) is 1. The molecule has 1 aliphatic heterocycles. The van der Waals surface area contributed by atoms with Gasteiger partial charge in [0.1, 0.15) is 11.8 Å². The topological polar surface area (TPSA) is 49.4 Å². The minimum Gasteiger partial charge on any atom is -0.497 e. The summed E-state index contributed by atoms with van der Waals surface area (Å²) in [5.41, 5.74) is 2.23. The Morgan fingerprint density at radius 1 is 1.11 bits per heavy atom. The fourth-order valence-corrected chi connectivity index (χ4v) is 3.69. The van der Waals surface area contributed by atoms with Gasteiger partial charge in [0.15, 0.2) is 6.54 Å². The molecule has 0 spiro atoms. The fraction of sp³-hybridized carbons (Fsp3) is 0.381. The van der Waals surface area contributed by atoms with E-state index in [0.29, 0.717) is 6.54 Å². The highest BCUT2D eigenvalue weighted by Gasteiger charge is 2.23. The highest BCUT2D eigenvalue weighted by atomic mass is 35.5. The van der Waals surface area contributed by atoms with Crippen molar-refractivity contribution in [3.05, 3.63) is 59.1 Å². The van der Waals surface area contributed by atoms with Crippen molar-refractivity contribution in [3.63, 3.8) is 0 Å². The van der Waals surface area contributed by atoms with Crippen LogP contribution in [0.5, 0.6) is 5.75 Å². The lowest BCUT2D eigenvalue weighted by Crippen LogP contribution is -2.87. The molecule has 2 N–H and O–H groups in total. The first-order valence-electron chi connectivity index (χ1n) is 9.33. The van der Waals surface area contributed by atoms with E-state index in [-0.39, 0.29) is 11.9 Å². The van der Waals surface area contributed by atoms with Gasteiger partial charge < -0.3 is 19.9 Å². The SMILES string of the molecule is COc1ccc(N2CCN(C(=O)C[NH2+][C@@H](C)c3ccccc3Cl)CC2)cc1. The molecule has 1 fully saturated rings. The average Bonchev–Trinajstić information content (AvgIpc) is 2.72. The van der Waals surface area contributed by atoms with E-state index >= 15 is 0 Å². The van der Waals surface area contributed by atoms with Gasteiger partial charge >= 0.3 is 0 Å². The number of quaternary nitrogens is 1. The molecular weight excluding hydrogens is 362 g/mol. The fourth-order valence-electron chi connectivity index (χ4n) is 3.39. The number of carbonyl (C=O) groups excluding carboxylic acids is 1. The van der Waals surface area contributed by atoms with Gasteiger partial charge in [0.2, 0.25) is 0 Å². The number of anilines is 1. The third-order valence-corrected chi connectivity index (χ3v) is 5.46. The molecule has 2 aromatic carbocycles. The Morgan fingerprint density at radius 2 is 1.78 bits per heavy atom. The molecule has 0 saturated carbocycles. The van der Waals surface area contributed by atoms with E-state index < -0.39 is 0 Å². The normalized spacial score (nSPS) is 15.5. The van der Waals surface area contributed by atoms with Crippen LogP contribution in [0.3, 0.4) is 0 Å². The molecule has 27 heavy (non-hydrogen) atoms. The van der Waals surface area contributed by atoms with Crippen LogP contribution in [0.2, 0.25) is 5.02 Å². The van der Waals surface area contributed by atoms with Gasteiger partial charge in [0, 0.05) is 42.5 Å². The maximum Gasteiger partial charge on any atom is 0.277 e. The van der Waals surface area contributed by atoms with Crippen LogP contribution in [0.25, 0.3) is 0 Å². The largest absolute Gasteiger partial charge is 0.497 e. The van der Waals surface area contributed by atoms with Gasteiger partial charge in [-0.3, -0.25) is 4.79 Å². The zero-order valence-corrected chi connectivity index (χ0v) is 16.7. The smallest absolute Gasteiger partial charge is 0.277 e. The molecule has 0 bridgehead atoms. The van der Waals surface area contributed by atoms with Crippen LogP contribution in [0.4, 0.5) is 5.69 Å². The molecule has 0 unspecified atom stereocenters. The quantitative estimate of drug-likeness (QED) is 0.826. The minimum atomic E-state index is 0.156. The van der Waals surface area contributed by atoms with Crippen LogP contribution in [-0.2, 0) is 4.79 Å². The Hall–Kier alpha value is -2.24. The summed E-state index contributed by atoms with van der Waals surface area (Å²) in [6, 6.07) is 16.0. The number of hydrogen-bond acceptors (Lipinski definition) is 3. The molecule has 2 aromatic rings. The van der Waals surface area contributed by atoms with Gasteiger partial charge in [-0.2, -0.15) is 0 Å². The monoisotopic (exact) mass is 388 g/mol. The number of piperazine rings is 1. The van der Waals surface area contributed by atoms with Gasteiger partial charge in [-0.15, -0.1) is 0 Å². The molecule has 1 amide bonds. The van der Waals surface area contributed by atoms with Crippen LogP contribution in [0.1, 0.15) is 18.5 Å². The first-order valence-corrected chi connectivity index (χ1v) is 9.71. The van der Waals surface area contributed by atoms with Crippen molar-refractivity contribution in [3.8, 4) is 5.75 Å². The van der Waals surface area contributed by atoms with Crippen LogP contribution in [-0.4, -0.2) is 50.6 Å². The number of hydrogen-bond donors (Lipinski definition) is 1. The Morgan fingerprint density at radius 3 is 2.41 bits per heavy atom. The summed E-state index contributed by atoms with van der Waals surface area (Å²) < 4.78 is 5.21. The second-order valence-corrected chi connectivity index (χ2v) is 7.22. The third kappa shape index (κ3) is 4.93. The predicted molar refractivity (Wildman–Crippen MR) is 108 cm³/mol. The van der Waals surface area contributed by atoms with Crippen molar-refractivity contribution in [2.75, 3.05) is 44.7 Å². The molecule has 144 valence electrons. The van der Waals surface area contributed by atoms with E-state index in [2.05, 4.69) is 29.3 Å². The zero-order valence-electron chi connectivity index (χ0n) is 15.9.